The lowest BCUT2D eigenvalue weighted by molar-refractivity contribution is -0.137. The predicted molar refractivity (Wildman–Crippen MR) is 159 cm³/mol. The van der Waals surface area contributed by atoms with Crippen molar-refractivity contribution in [3.8, 4) is 17.2 Å². The van der Waals surface area contributed by atoms with E-state index >= 15 is 0 Å². The van der Waals surface area contributed by atoms with Gasteiger partial charge in [0.25, 0.3) is 0 Å². The van der Waals surface area contributed by atoms with Crippen molar-refractivity contribution in [3.63, 3.8) is 0 Å². The van der Waals surface area contributed by atoms with Gasteiger partial charge in [-0.3, -0.25) is 4.79 Å². The number of phenolic OH excluding ortho intramolecular Hbond substituents is 1. The molecule has 1 aliphatic rings. The Hall–Kier alpha value is -3.69. The van der Waals surface area contributed by atoms with Crippen LogP contribution in [0.4, 0.5) is 13.2 Å². The Morgan fingerprint density at radius 3 is 2.43 bits per heavy atom. The minimum absolute atomic E-state index is 0. The average molecular weight is 606 g/mol. The minimum Gasteiger partial charge on any atom is -0.507 e. The fourth-order valence-electron chi connectivity index (χ4n) is 4.64. The van der Waals surface area contributed by atoms with Crippen LogP contribution in [-0.2, 0) is 12.6 Å². The second kappa shape index (κ2) is 14.5. The molecule has 0 saturated heterocycles. The molecule has 0 radical (unpaired) electrons. The van der Waals surface area contributed by atoms with Crippen LogP contribution in [0.5, 0.6) is 17.2 Å². The molecule has 1 aliphatic heterocycles. The third-order valence-corrected chi connectivity index (χ3v) is 6.88. The summed E-state index contributed by atoms with van der Waals surface area (Å²) in [5.74, 6) is 2.02. The summed E-state index contributed by atoms with van der Waals surface area (Å²) in [7, 11) is 1.85. The van der Waals surface area contributed by atoms with Gasteiger partial charge in [0.05, 0.1) is 12.2 Å². The van der Waals surface area contributed by atoms with Crippen LogP contribution >= 0.6 is 12.4 Å². The van der Waals surface area contributed by atoms with Crippen LogP contribution in [0.3, 0.4) is 0 Å². The molecule has 1 aromatic heterocycles. The van der Waals surface area contributed by atoms with Crippen molar-refractivity contribution in [3.05, 3.63) is 99.4 Å². The van der Waals surface area contributed by atoms with Crippen molar-refractivity contribution in [1.29, 1.82) is 0 Å². The van der Waals surface area contributed by atoms with Gasteiger partial charge < -0.3 is 24.3 Å². The highest BCUT2D eigenvalue weighted by Gasteiger charge is 2.30. The first-order valence-electron chi connectivity index (χ1n) is 13.5. The van der Waals surface area contributed by atoms with E-state index in [-0.39, 0.29) is 35.1 Å². The van der Waals surface area contributed by atoms with Gasteiger partial charge in [0.1, 0.15) is 40.1 Å². The van der Waals surface area contributed by atoms with E-state index in [1.807, 2.05) is 37.4 Å². The monoisotopic (exact) mass is 605 g/mol. The summed E-state index contributed by atoms with van der Waals surface area (Å²) in [6.45, 7) is 5.19. The van der Waals surface area contributed by atoms with Gasteiger partial charge in [0.15, 0.2) is 5.43 Å². The number of ether oxygens (including phenoxy) is 2. The smallest absolute Gasteiger partial charge is 0.416 e. The number of hydrogen-bond acceptors (Lipinski definition) is 6. The molecule has 0 fully saturated rings. The van der Waals surface area contributed by atoms with Gasteiger partial charge in [-0.1, -0.05) is 37.3 Å². The number of nitrogens with one attached hydrogen (secondary N) is 1. The highest BCUT2D eigenvalue weighted by atomic mass is 35.5. The van der Waals surface area contributed by atoms with E-state index in [0.717, 1.165) is 37.1 Å². The maximum atomic E-state index is 12.6. The van der Waals surface area contributed by atoms with Gasteiger partial charge in [0, 0.05) is 24.1 Å². The molecule has 0 aliphatic carbocycles. The minimum atomic E-state index is -4.33. The number of rotatable bonds is 6. The Bertz CT molecular complexity index is 1510. The Morgan fingerprint density at radius 1 is 1.10 bits per heavy atom. The van der Waals surface area contributed by atoms with E-state index < -0.39 is 11.7 Å². The van der Waals surface area contributed by atoms with Crippen LogP contribution in [-0.4, -0.2) is 25.3 Å². The third kappa shape index (κ3) is 8.20. The van der Waals surface area contributed by atoms with E-state index in [0.29, 0.717) is 47.4 Å². The molecule has 4 aromatic rings. The van der Waals surface area contributed by atoms with Crippen LogP contribution in [0.25, 0.3) is 11.0 Å². The molecule has 5 rings (SSSR count). The highest BCUT2D eigenvalue weighted by molar-refractivity contribution is 5.87. The summed E-state index contributed by atoms with van der Waals surface area (Å²) in [6, 6.07) is 17.5. The maximum absolute atomic E-state index is 12.6. The van der Waals surface area contributed by atoms with Crippen LogP contribution in [0.1, 0.15) is 48.3 Å². The van der Waals surface area contributed by atoms with E-state index in [1.54, 1.807) is 13.0 Å². The standard InChI is InChI=1S/C17H18F3NO.C15H16O4.ClH/c1-21-12-11-16(13-5-3-2-4-6-13)22-15-9-7-14(8-10-15)17(18,19)20;1-8-3-4-10-12(18-7-8)6-13-14(15(10)17)11(16)5-9(2)19-13;/h2-10,16,21H,11-12H2,1H3;5-6,8,17H,3-4,7H2,1-2H3;1H. The van der Waals surface area contributed by atoms with E-state index in [9.17, 15) is 23.1 Å². The van der Waals surface area contributed by atoms with Crippen molar-refractivity contribution in [2.45, 2.75) is 45.4 Å². The summed E-state index contributed by atoms with van der Waals surface area (Å²) in [4.78, 5) is 12.0. The highest BCUT2D eigenvalue weighted by Crippen LogP contribution is 2.38. The molecule has 0 bridgehead atoms. The number of phenols is 1. The maximum Gasteiger partial charge on any atom is 0.416 e. The Labute approximate surface area is 248 Å². The third-order valence-electron chi connectivity index (χ3n) is 6.88. The van der Waals surface area contributed by atoms with Gasteiger partial charge in [-0.15, -0.1) is 12.4 Å². The summed E-state index contributed by atoms with van der Waals surface area (Å²) < 4.78 is 54.8. The number of aromatic hydroxyl groups is 1. The number of alkyl halides is 3. The largest absolute Gasteiger partial charge is 0.507 e. The molecule has 0 amide bonds. The second-order valence-electron chi connectivity index (χ2n) is 10.2. The molecule has 0 saturated carbocycles. The molecule has 2 atom stereocenters. The van der Waals surface area contributed by atoms with Crippen molar-refractivity contribution in [2.24, 2.45) is 5.92 Å². The van der Waals surface area contributed by atoms with Gasteiger partial charge in [0.2, 0.25) is 0 Å². The molecule has 2 heterocycles. The lowest BCUT2D eigenvalue weighted by Gasteiger charge is -2.20. The number of halogens is 4. The van der Waals surface area contributed by atoms with Crippen LogP contribution in [0.2, 0.25) is 0 Å². The molecule has 10 heteroatoms. The van der Waals surface area contributed by atoms with Crippen molar-refractivity contribution < 1.29 is 32.2 Å². The predicted octanol–water partition coefficient (Wildman–Crippen LogP) is 7.62. The van der Waals surface area contributed by atoms with Gasteiger partial charge in [-0.2, -0.15) is 13.2 Å². The first-order valence-corrected chi connectivity index (χ1v) is 13.5. The summed E-state index contributed by atoms with van der Waals surface area (Å²) in [5, 5.41) is 13.6. The molecule has 226 valence electrons. The number of fused-ring (bicyclic) bond motifs is 2. The van der Waals surface area contributed by atoms with Crippen LogP contribution < -0.4 is 20.2 Å². The first kappa shape index (κ1) is 32.8. The van der Waals surface area contributed by atoms with Crippen LogP contribution in [0, 0.1) is 12.8 Å². The molecule has 3 aromatic carbocycles. The zero-order chi connectivity index (χ0) is 29.6. The zero-order valence-corrected chi connectivity index (χ0v) is 24.5. The van der Waals surface area contributed by atoms with Gasteiger partial charge >= 0.3 is 6.18 Å². The summed E-state index contributed by atoms with van der Waals surface area (Å²) >= 11 is 0. The quantitative estimate of drug-likeness (QED) is 0.235. The van der Waals surface area contributed by atoms with E-state index in [4.69, 9.17) is 13.9 Å². The molecular formula is C32H35ClF3NO5. The van der Waals surface area contributed by atoms with Crippen molar-refractivity contribution in [1.82, 2.24) is 5.32 Å². The average Bonchev–Trinajstić information content (AvgIpc) is 3.12. The molecular weight excluding hydrogens is 571 g/mol. The number of aryl methyl sites for hydroxylation is 1. The Kier molecular flexibility index (Phi) is 11.3. The second-order valence-corrected chi connectivity index (χ2v) is 10.2. The molecule has 2 N–H and O–H groups in total. The summed E-state index contributed by atoms with van der Waals surface area (Å²) in [6.07, 6.45) is -2.16. The fourth-order valence-corrected chi connectivity index (χ4v) is 4.64. The molecule has 6 nitrogen and oxygen atoms in total. The van der Waals surface area contributed by atoms with E-state index in [1.165, 1.54) is 18.2 Å². The first-order chi connectivity index (χ1) is 19.6. The van der Waals surface area contributed by atoms with Crippen molar-refractivity contribution >= 4 is 23.4 Å². The van der Waals surface area contributed by atoms with Gasteiger partial charge in [-0.05, 0) is 69.1 Å². The zero-order valence-electron chi connectivity index (χ0n) is 23.7. The Morgan fingerprint density at radius 2 is 1.79 bits per heavy atom. The van der Waals surface area contributed by atoms with Crippen molar-refractivity contribution in [2.75, 3.05) is 20.2 Å². The molecule has 0 spiro atoms. The molecule has 2 unspecified atom stereocenters. The topological polar surface area (TPSA) is 80.9 Å². The van der Waals surface area contributed by atoms with Gasteiger partial charge in [-0.25, -0.2) is 0 Å². The molecule has 42 heavy (non-hydrogen) atoms. The van der Waals surface area contributed by atoms with Crippen LogP contribution in [0.15, 0.2) is 75.9 Å². The summed E-state index contributed by atoms with van der Waals surface area (Å²) in [5.41, 5.74) is 1.21. The lowest BCUT2D eigenvalue weighted by atomic mass is 10.00. The SMILES string of the molecule is CNCCC(Oc1ccc(C(F)(F)F)cc1)c1ccccc1.Cc1cc(=O)c2c(O)c3c(cc2o1)OCC(C)CC3.Cl. The Balaban J connectivity index is 0.000000227. The number of hydrogen-bond donors (Lipinski definition) is 2. The van der Waals surface area contributed by atoms with E-state index in [2.05, 4.69) is 12.2 Å². The lowest BCUT2D eigenvalue weighted by Crippen LogP contribution is -2.16. The fraction of sp³-hybridized carbons (Fsp3) is 0.344. The number of benzene rings is 3. The normalized spacial score (nSPS) is 15.2.